The van der Waals surface area contributed by atoms with Crippen LogP contribution >= 0.6 is 15.9 Å². The minimum absolute atomic E-state index is 0.713. The van der Waals surface area contributed by atoms with Crippen molar-refractivity contribution in [1.82, 2.24) is 4.98 Å². The molecule has 1 N–H and O–H groups in total. The second kappa shape index (κ2) is 7.29. The van der Waals surface area contributed by atoms with Crippen LogP contribution in [0.4, 0.5) is 5.69 Å². The molecule has 4 heteroatoms. The highest BCUT2D eigenvalue weighted by atomic mass is 79.9. The minimum Gasteiger partial charge on any atom is -0.493 e. The van der Waals surface area contributed by atoms with E-state index in [1.807, 2.05) is 24.4 Å². The molecule has 0 aliphatic rings. The summed E-state index contributed by atoms with van der Waals surface area (Å²) in [7, 11) is 0. The molecule has 3 nitrogen and oxygen atoms in total. The van der Waals surface area contributed by atoms with Crippen LogP contribution in [0.5, 0.6) is 5.75 Å². The number of nitrogens with zero attached hydrogens (tertiary/aromatic N) is 1. The largest absolute Gasteiger partial charge is 0.493 e. The summed E-state index contributed by atoms with van der Waals surface area (Å²) in [6.07, 6.45) is 4.65. The Labute approximate surface area is 128 Å². The average Bonchev–Trinajstić information content (AvgIpc) is 2.45. The smallest absolute Gasteiger partial charge is 0.124 e. The standard InChI is InChI=1S/C16H19BrN2O/c1-3-8-20-16-5-4-14(17)9-13(16)10-19-15-11-18-7-6-12(15)2/h4-7,9,11,19H,3,8,10H2,1-2H3. The quantitative estimate of drug-likeness (QED) is 0.841. The maximum absolute atomic E-state index is 5.78. The van der Waals surface area contributed by atoms with Gasteiger partial charge in [0.05, 0.1) is 18.5 Å². The van der Waals surface area contributed by atoms with Crippen LogP contribution in [0.25, 0.3) is 0 Å². The Bertz CT molecular complexity index is 572. The lowest BCUT2D eigenvalue weighted by molar-refractivity contribution is 0.314. The van der Waals surface area contributed by atoms with Crippen molar-refractivity contribution >= 4 is 21.6 Å². The van der Waals surface area contributed by atoms with E-state index >= 15 is 0 Å². The second-order valence-corrected chi connectivity index (χ2v) is 5.56. The number of benzene rings is 1. The fourth-order valence-corrected chi connectivity index (χ4v) is 2.29. The molecule has 2 rings (SSSR count). The van der Waals surface area contributed by atoms with Gasteiger partial charge in [-0.1, -0.05) is 22.9 Å². The Morgan fingerprint density at radius 3 is 2.90 bits per heavy atom. The lowest BCUT2D eigenvalue weighted by Crippen LogP contribution is -2.05. The molecule has 0 saturated carbocycles. The fourth-order valence-electron chi connectivity index (χ4n) is 1.88. The van der Waals surface area contributed by atoms with E-state index in [0.29, 0.717) is 6.54 Å². The van der Waals surface area contributed by atoms with Gasteiger partial charge in [0.15, 0.2) is 0 Å². The molecule has 0 saturated heterocycles. The lowest BCUT2D eigenvalue weighted by Gasteiger charge is -2.14. The lowest BCUT2D eigenvalue weighted by atomic mass is 10.2. The van der Waals surface area contributed by atoms with Gasteiger partial charge in [-0.25, -0.2) is 0 Å². The monoisotopic (exact) mass is 334 g/mol. The van der Waals surface area contributed by atoms with Crippen LogP contribution < -0.4 is 10.1 Å². The summed E-state index contributed by atoms with van der Waals surface area (Å²) in [6, 6.07) is 8.10. The third-order valence-corrected chi connectivity index (χ3v) is 3.49. The molecule has 2 aromatic rings. The Hall–Kier alpha value is -1.55. The maximum Gasteiger partial charge on any atom is 0.124 e. The number of nitrogens with one attached hydrogen (secondary N) is 1. The highest BCUT2D eigenvalue weighted by molar-refractivity contribution is 9.10. The average molecular weight is 335 g/mol. The molecule has 0 amide bonds. The highest BCUT2D eigenvalue weighted by Crippen LogP contribution is 2.25. The van der Waals surface area contributed by atoms with Crippen LogP contribution in [-0.2, 0) is 6.54 Å². The molecular formula is C16H19BrN2O. The number of hydrogen-bond acceptors (Lipinski definition) is 3. The second-order valence-electron chi connectivity index (χ2n) is 4.64. The molecule has 0 unspecified atom stereocenters. The summed E-state index contributed by atoms with van der Waals surface area (Å²) >= 11 is 3.51. The van der Waals surface area contributed by atoms with Crippen molar-refractivity contribution in [3.05, 3.63) is 52.3 Å². The molecule has 0 aliphatic carbocycles. The van der Waals surface area contributed by atoms with E-state index in [4.69, 9.17) is 4.74 Å². The molecule has 20 heavy (non-hydrogen) atoms. The predicted octanol–water partition coefficient (Wildman–Crippen LogP) is 4.55. The van der Waals surface area contributed by atoms with Crippen molar-refractivity contribution in [2.24, 2.45) is 0 Å². The first-order chi connectivity index (χ1) is 9.70. The number of anilines is 1. The van der Waals surface area contributed by atoms with Crippen molar-refractivity contribution in [3.8, 4) is 5.75 Å². The van der Waals surface area contributed by atoms with E-state index in [1.54, 1.807) is 6.20 Å². The summed E-state index contributed by atoms with van der Waals surface area (Å²) in [6.45, 7) is 5.63. The summed E-state index contributed by atoms with van der Waals surface area (Å²) in [4.78, 5) is 4.14. The summed E-state index contributed by atoms with van der Waals surface area (Å²) in [5, 5.41) is 3.41. The molecule has 0 atom stereocenters. The predicted molar refractivity (Wildman–Crippen MR) is 86.2 cm³/mol. The first kappa shape index (κ1) is 14.9. The van der Waals surface area contributed by atoms with Crippen LogP contribution in [-0.4, -0.2) is 11.6 Å². The van der Waals surface area contributed by atoms with Crippen LogP contribution in [0.2, 0.25) is 0 Å². The number of aryl methyl sites for hydroxylation is 1. The molecule has 1 aromatic heterocycles. The molecule has 106 valence electrons. The van der Waals surface area contributed by atoms with Gasteiger partial charge in [-0.3, -0.25) is 4.98 Å². The van der Waals surface area contributed by atoms with E-state index in [-0.39, 0.29) is 0 Å². The van der Waals surface area contributed by atoms with E-state index in [1.165, 1.54) is 5.56 Å². The van der Waals surface area contributed by atoms with E-state index in [0.717, 1.165) is 34.5 Å². The van der Waals surface area contributed by atoms with Crippen LogP contribution in [0.15, 0.2) is 41.1 Å². The normalized spacial score (nSPS) is 10.3. The van der Waals surface area contributed by atoms with Gasteiger partial charge in [-0.2, -0.15) is 0 Å². The van der Waals surface area contributed by atoms with Gasteiger partial charge in [0, 0.05) is 22.8 Å². The van der Waals surface area contributed by atoms with Gasteiger partial charge >= 0.3 is 0 Å². The van der Waals surface area contributed by atoms with E-state index < -0.39 is 0 Å². The molecule has 1 heterocycles. The van der Waals surface area contributed by atoms with Gasteiger partial charge in [-0.05, 0) is 43.2 Å². The molecule has 0 spiro atoms. The number of halogens is 1. The Balaban J connectivity index is 2.11. The Morgan fingerprint density at radius 2 is 2.15 bits per heavy atom. The summed E-state index contributed by atoms with van der Waals surface area (Å²) < 4.78 is 6.84. The van der Waals surface area contributed by atoms with Crippen LogP contribution in [0, 0.1) is 6.92 Å². The number of rotatable bonds is 6. The summed E-state index contributed by atoms with van der Waals surface area (Å²) in [5.41, 5.74) is 3.37. The minimum atomic E-state index is 0.713. The zero-order chi connectivity index (χ0) is 14.4. The molecule has 1 aromatic carbocycles. The van der Waals surface area contributed by atoms with Gasteiger partial charge in [0.25, 0.3) is 0 Å². The third-order valence-electron chi connectivity index (χ3n) is 2.99. The zero-order valence-corrected chi connectivity index (χ0v) is 13.4. The van der Waals surface area contributed by atoms with Crippen LogP contribution in [0.3, 0.4) is 0 Å². The van der Waals surface area contributed by atoms with Gasteiger partial charge in [0.1, 0.15) is 5.75 Å². The van der Waals surface area contributed by atoms with Crippen molar-refractivity contribution < 1.29 is 4.74 Å². The topological polar surface area (TPSA) is 34.1 Å². The van der Waals surface area contributed by atoms with Gasteiger partial charge in [0.2, 0.25) is 0 Å². The first-order valence-corrected chi connectivity index (χ1v) is 7.55. The fraction of sp³-hybridized carbons (Fsp3) is 0.312. The number of hydrogen-bond donors (Lipinski definition) is 1. The van der Waals surface area contributed by atoms with Crippen molar-refractivity contribution in [1.29, 1.82) is 0 Å². The SMILES string of the molecule is CCCOc1ccc(Br)cc1CNc1cnccc1C. The number of aromatic nitrogens is 1. The van der Waals surface area contributed by atoms with E-state index in [2.05, 4.69) is 46.1 Å². The number of ether oxygens (including phenoxy) is 1. The zero-order valence-electron chi connectivity index (χ0n) is 11.8. The van der Waals surface area contributed by atoms with Crippen molar-refractivity contribution in [2.75, 3.05) is 11.9 Å². The Morgan fingerprint density at radius 1 is 1.30 bits per heavy atom. The Kier molecular flexibility index (Phi) is 5.41. The molecule has 0 bridgehead atoms. The summed E-state index contributed by atoms with van der Waals surface area (Å²) in [5.74, 6) is 0.934. The van der Waals surface area contributed by atoms with Crippen molar-refractivity contribution in [2.45, 2.75) is 26.8 Å². The highest BCUT2D eigenvalue weighted by Gasteiger charge is 2.05. The third kappa shape index (κ3) is 3.97. The van der Waals surface area contributed by atoms with Gasteiger partial charge in [-0.15, -0.1) is 0 Å². The van der Waals surface area contributed by atoms with Crippen LogP contribution in [0.1, 0.15) is 24.5 Å². The van der Waals surface area contributed by atoms with Gasteiger partial charge < -0.3 is 10.1 Å². The first-order valence-electron chi connectivity index (χ1n) is 6.76. The molecule has 0 aliphatic heterocycles. The number of pyridine rings is 1. The maximum atomic E-state index is 5.78. The molecule has 0 fully saturated rings. The van der Waals surface area contributed by atoms with E-state index in [9.17, 15) is 0 Å². The molecule has 0 radical (unpaired) electrons. The van der Waals surface area contributed by atoms with Crippen molar-refractivity contribution in [3.63, 3.8) is 0 Å². The molecular weight excluding hydrogens is 316 g/mol.